The number of hydrogen-bond donors (Lipinski definition) is 2. The first-order valence-electron chi connectivity index (χ1n) is 8.22. The molecule has 0 unspecified atom stereocenters. The molecular formula is C20H20N4O2. The van der Waals surface area contributed by atoms with Crippen LogP contribution in [0, 0.1) is 6.92 Å². The minimum Gasteiger partial charge on any atom is -0.497 e. The normalized spacial score (nSPS) is 10.2. The molecule has 0 aliphatic carbocycles. The van der Waals surface area contributed by atoms with Crippen LogP contribution in [0.25, 0.3) is 0 Å². The number of nitrogens with one attached hydrogen (secondary N) is 2. The van der Waals surface area contributed by atoms with E-state index < -0.39 is 0 Å². The van der Waals surface area contributed by atoms with Crippen molar-refractivity contribution in [3.8, 4) is 5.75 Å². The van der Waals surface area contributed by atoms with Crippen molar-refractivity contribution in [3.05, 3.63) is 77.4 Å². The molecule has 0 aliphatic heterocycles. The van der Waals surface area contributed by atoms with Gasteiger partial charge in [0.05, 0.1) is 7.11 Å². The van der Waals surface area contributed by atoms with Gasteiger partial charge in [0.25, 0.3) is 5.91 Å². The maximum Gasteiger partial charge on any atom is 0.256 e. The number of hydrogen-bond acceptors (Lipinski definition) is 5. The molecule has 3 rings (SSSR count). The van der Waals surface area contributed by atoms with E-state index in [1.54, 1.807) is 43.5 Å². The summed E-state index contributed by atoms with van der Waals surface area (Å²) >= 11 is 0. The molecule has 3 aromatic rings. The monoisotopic (exact) mass is 348 g/mol. The van der Waals surface area contributed by atoms with Crippen molar-refractivity contribution in [2.24, 2.45) is 0 Å². The third-order valence-corrected chi connectivity index (χ3v) is 3.85. The molecule has 26 heavy (non-hydrogen) atoms. The zero-order valence-electron chi connectivity index (χ0n) is 14.7. The number of ether oxygens (including phenoxy) is 1. The van der Waals surface area contributed by atoms with Crippen LogP contribution in [0.5, 0.6) is 5.75 Å². The lowest BCUT2D eigenvalue weighted by atomic mass is 10.1. The molecule has 0 saturated heterocycles. The van der Waals surface area contributed by atoms with Gasteiger partial charge >= 0.3 is 0 Å². The Labute approximate surface area is 152 Å². The van der Waals surface area contributed by atoms with Crippen LogP contribution in [0.15, 0.2) is 60.7 Å². The van der Waals surface area contributed by atoms with Crippen LogP contribution in [0.4, 0.5) is 11.6 Å². The predicted octanol–water partition coefficient (Wildman–Crippen LogP) is 3.66. The second kappa shape index (κ2) is 8.11. The molecule has 1 aromatic heterocycles. The molecule has 0 saturated carbocycles. The van der Waals surface area contributed by atoms with Gasteiger partial charge < -0.3 is 15.4 Å². The van der Waals surface area contributed by atoms with Gasteiger partial charge in [-0.1, -0.05) is 29.8 Å². The van der Waals surface area contributed by atoms with Crippen molar-refractivity contribution in [2.45, 2.75) is 13.5 Å². The van der Waals surface area contributed by atoms with Crippen molar-refractivity contribution >= 4 is 17.5 Å². The molecule has 1 heterocycles. The van der Waals surface area contributed by atoms with Crippen LogP contribution in [0.3, 0.4) is 0 Å². The van der Waals surface area contributed by atoms with E-state index >= 15 is 0 Å². The van der Waals surface area contributed by atoms with Gasteiger partial charge in [-0.25, -0.2) is 0 Å². The van der Waals surface area contributed by atoms with Gasteiger partial charge in [0, 0.05) is 12.1 Å². The van der Waals surface area contributed by atoms with Gasteiger partial charge in [0.1, 0.15) is 11.6 Å². The minimum atomic E-state index is -0.248. The lowest BCUT2D eigenvalue weighted by Crippen LogP contribution is -2.13. The van der Waals surface area contributed by atoms with Crippen LogP contribution in [0.1, 0.15) is 21.5 Å². The number of rotatable bonds is 6. The average molecular weight is 348 g/mol. The Bertz CT molecular complexity index is 860. The largest absolute Gasteiger partial charge is 0.497 e. The summed E-state index contributed by atoms with van der Waals surface area (Å²) < 4.78 is 5.08. The fourth-order valence-electron chi connectivity index (χ4n) is 2.32. The van der Waals surface area contributed by atoms with E-state index in [2.05, 4.69) is 52.0 Å². The summed E-state index contributed by atoms with van der Waals surface area (Å²) in [6, 6.07) is 18.6. The number of carbonyl (C=O) groups is 1. The Balaban J connectivity index is 1.56. The first-order chi connectivity index (χ1) is 12.6. The number of carbonyl (C=O) groups excluding carboxylic acids is 1. The average Bonchev–Trinajstić information content (AvgIpc) is 2.68. The number of anilines is 2. The van der Waals surface area contributed by atoms with E-state index in [1.807, 2.05) is 0 Å². The highest BCUT2D eigenvalue weighted by Crippen LogP contribution is 2.13. The van der Waals surface area contributed by atoms with Gasteiger partial charge in [-0.3, -0.25) is 4.79 Å². The van der Waals surface area contributed by atoms with Crippen LogP contribution >= 0.6 is 0 Å². The highest BCUT2D eigenvalue weighted by Gasteiger charge is 2.07. The quantitative estimate of drug-likeness (QED) is 0.711. The number of benzene rings is 2. The van der Waals surface area contributed by atoms with E-state index in [9.17, 15) is 4.79 Å². The van der Waals surface area contributed by atoms with Crippen LogP contribution in [0.2, 0.25) is 0 Å². The molecule has 0 aliphatic rings. The number of aryl methyl sites for hydroxylation is 1. The molecule has 0 spiro atoms. The first kappa shape index (κ1) is 17.4. The minimum absolute atomic E-state index is 0.248. The second-order valence-electron chi connectivity index (χ2n) is 5.83. The Kier molecular flexibility index (Phi) is 5.43. The molecular weight excluding hydrogens is 328 g/mol. The molecule has 6 heteroatoms. The maximum absolute atomic E-state index is 12.2. The van der Waals surface area contributed by atoms with Crippen LogP contribution in [-0.2, 0) is 6.54 Å². The molecule has 2 aromatic carbocycles. The molecule has 0 fully saturated rings. The second-order valence-corrected chi connectivity index (χ2v) is 5.83. The summed E-state index contributed by atoms with van der Waals surface area (Å²) in [5.41, 5.74) is 2.91. The first-order valence-corrected chi connectivity index (χ1v) is 8.22. The smallest absolute Gasteiger partial charge is 0.256 e. The summed E-state index contributed by atoms with van der Waals surface area (Å²) in [5.74, 6) is 1.49. The van der Waals surface area contributed by atoms with E-state index in [4.69, 9.17) is 4.74 Å². The third-order valence-electron chi connectivity index (χ3n) is 3.85. The Morgan fingerprint density at radius 2 is 1.58 bits per heavy atom. The van der Waals surface area contributed by atoms with Gasteiger partial charge in [0.2, 0.25) is 0 Å². The third kappa shape index (κ3) is 4.57. The molecule has 1 amide bonds. The molecule has 0 radical (unpaired) electrons. The molecule has 132 valence electrons. The lowest BCUT2D eigenvalue weighted by molar-refractivity contribution is 0.102. The number of methoxy groups -OCH3 is 1. The van der Waals surface area contributed by atoms with E-state index in [0.29, 0.717) is 29.5 Å². The van der Waals surface area contributed by atoms with Crippen molar-refractivity contribution < 1.29 is 9.53 Å². The summed E-state index contributed by atoms with van der Waals surface area (Å²) in [4.78, 5) is 12.2. The Hall–Kier alpha value is -3.41. The van der Waals surface area contributed by atoms with Gasteiger partial charge in [-0.2, -0.15) is 0 Å². The van der Waals surface area contributed by atoms with Crippen molar-refractivity contribution in [2.75, 3.05) is 17.7 Å². The molecule has 0 atom stereocenters. The summed E-state index contributed by atoms with van der Waals surface area (Å²) in [6.45, 7) is 2.72. The maximum atomic E-state index is 12.2. The SMILES string of the molecule is COc1ccc(C(=O)Nc2ccc(NCc3ccc(C)cc3)nn2)cc1. The zero-order valence-corrected chi connectivity index (χ0v) is 14.7. The Morgan fingerprint density at radius 1 is 0.923 bits per heavy atom. The van der Waals surface area contributed by atoms with Gasteiger partial charge in [0.15, 0.2) is 5.82 Å². The van der Waals surface area contributed by atoms with Gasteiger partial charge in [-0.05, 0) is 48.9 Å². The number of nitrogens with zero attached hydrogens (tertiary/aromatic N) is 2. The number of aromatic nitrogens is 2. The number of amides is 1. The zero-order chi connectivity index (χ0) is 18.4. The van der Waals surface area contributed by atoms with E-state index in [0.717, 1.165) is 5.56 Å². The highest BCUT2D eigenvalue weighted by atomic mass is 16.5. The van der Waals surface area contributed by atoms with Crippen LogP contribution < -0.4 is 15.4 Å². The summed E-state index contributed by atoms with van der Waals surface area (Å²) in [6.07, 6.45) is 0. The standard InChI is InChI=1S/C20H20N4O2/c1-14-3-5-15(6-4-14)13-21-18-11-12-19(24-23-18)22-20(25)16-7-9-17(26-2)10-8-16/h3-12H,13H2,1-2H3,(H,21,23)(H,22,24,25). The van der Waals surface area contributed by atoms with E-state index in [-0.39, 0.29) is 5.91 Å². The molecule has 0 bridgehead atoms. The molecule has 2 N–H and O–H groups in total. The van der Waals surface area contributed by atoms with Crippen molar-refractivity contribution in [1.29, 1.82) is 0 Å². The fraction of sp³-hybridized carbons (Fsp3) is 0.150. The predicted molar refractivity (Wildman–Crippen MR) is 101 cm³/mol. The molecule has 6 nitrogen and oxygen atoms in total. The van der Waals surface area contributed by atoms with Crippen LogP contribution in [-0.4, -0.2) is 23.2 Å². The van der Waals surface area contributed by atoms with Crippen molar-refractivity contribution in [3.63, 3.8) is 0 Å². The van der Waals surface area contributed by atoms with Gasteiger partial charge in [-0.15, -0.1) is 10.2 Å². The summed E-state index contributed by atoms with van der Waals surface area (Å²) in [5, 5.41) is 14.1. The summed E-state index contributed by atoms with van der Waals surface area (Å²) in [7, 11) is 1.58. The fourth-order valence-corrected chi connectivity index (χ4v) is 2.32. The topological polar surface area (TPSA) is 76.1 Å². The Morgan fingerprint density at radius 3 is 2.19 bits per heavy atom. The lowest BCUT2D eigenvalue weighted by Gasteiger charge is -2.07. The highest BCUT2D eigenvalue weighted by molar-refractivity contribution is 6.03. The van der Waals surface area contributed by atoms with E-state index in [1.165, 1.54) is 5.56 Å². The van der Waals surface area contributed by atoms with Crippen molar-refractivity contribution in [1.82, 2.24) is 10.2 Å².